The van der Waals surface area contributed by atoms with Crippen LogP contribution in [0.15, 0.2) is 48.8 Å². The van der Waals surface area contributed by atoms with Crippen molar-refractivity contribution >= 4 is 34.2 Å². The van der Waals surface area contributed by atoms with Crippen molar-refractivity contribution in [3.05, 3.63) is 54.5 Å². The van der Waals surface area contributed by atoms with Gasteiger partial charge in [-0.3, -0.25) is 9.20 Å². The summed E-state index contributed by atoms with van der Waals surface area (Å²) in [5, 5.41) is 2.91. The van der Waals surface area contributed by atoms with Crippen LogP contribution in [0.4, 0.5) is 11.6 Å². The van der Waals surface area contributed by atoms with Gasteiger partial charge in [0.25, 0.3) is 5.91 Å². The molecule has 1 aromatic carbocycles. The van der Waals surface area contributed by atoms with Crippen molar-refractivity contribution in [3.8, 4) is 0 Å². The van der Waals surface area contributed by atoms with Crippen LogP contribution < -0.4 is 10.2 Å². The van der Waals surface area contributed by atoms with Crippen LogP contribution >= 0.6 is 0 Å². The van der Waals surface area contributed by atoms with Crippen LogP contribution in [0.25, 0.3) is 16.7 Å². The Morgan fingerprint density at radius 2 is 2.12 bits per heavy atom. The number of fused-ring (bicyclic) bond motifs is 2. The number of aromatic amines is 1. The molecule has 3 heterocycles. The molecule has 0 saturated carbocycles. The van der Waals surface area contributed by atoms with E-state index in [1.54, 1.807) is 10.6 Å². The van der Waals surface area contributed by atoms with Crippen molar-refractivity contribution in [1.82, 2.24) is 19.4 Å². The monoisotopic (exact) mass is 320 g/mol. The summed E-state index contributed by atoms with van der Waals surface area (Å²) in [5.74, 6) is 0.565. The second-order valence-electron chi connectivity index (χ2n) is 5.71. The number of nitrogens with one attached hydrogen (secondary N) is 2. The number of amides is 1. The first kappa shape index (κ1) is 14.3. The summed E-state index contributed by atoms with van der Waals surface area (Å²) in [6.45, 7) is 0. The van der Waals surface area contributed by atoms with Crippen LogP contribution in [0.2, 0.25) is 0 Å². The third-order valence-corrected chi connectivity index (χ3v) is 3.80. The predicted molar refractivity (Wildman–Crippen MR) is 93.6 cm³/mol. The van der Waals surface area contributed by atoms with Crippen molar-refractivity contribution in [2.24, 2.45) is 0 Å². The summed E-state index contributed by atoms with van der Waals surface area (Å²) >= 11 is 0. The Kier molecular flexibility index (Phi) is 3.19. The van der Waals surface area contributed by atoms with Crippen LogP contribution in [0.5, 0.6) is 0 Å². The van der Waals surface area contributed by atoms with Gasteiger partial charge in [-0.1, -0.05) is 6.07 Å². The maximum absolute atomic E-state index is 12.5. The van der Waals surface area contributed by atoms with Gasteiger partial charge >= 0.3 is 0 Å². The summed E-state index contributed by atoms with van der Waals surface area (Å²) in [6, 6.07) is 11.2. The normalized spacial score (nSPS) is 11.1. The number of nitrogens with zero attached hydrogens (tertiary/aromatic N) is 4. The second kappa shape index (κ2) is 5.38. The largest absolute Gasteiger partial charge is 0.349 e. The first-order chi connectivity index (χ1) is 11.6. The number of carbonyl (C=O) groups excluding carboxylic acids is 1. The molecule has 0 spiro atoms. The third-order valence-electron chi connectivity index (χ3n) is 3.80. The van der Waals surface area contributed by atoms with Gasteiger partial charge in [0.1, 0.15) is 11.3 Å². The van der Waals surface area contributed by atoms with Crippen LogP contribution in [-0.4, -0.2) is 39.4 Å². The van der Waals surface area contributed by atoms with Crippen LogP contribution in [-0.2, 0) is 0 Å². The molecular formula is C17H16N6O. The highest BCUT2D eigenvalue weighted by atomic mass is 16.1. The van der Waals surface area contributed by atoms with Gasteiger partial charge in [0, 0.05) is 26.0 Å². The number of pyridine rings is 1. The van der Waals surface area contributed by atoms with Crippen LogP contribution in [0.1, 0.15) is 10.5 Å². The molecule has 0 aliphatic rings. The summed E-state index contributed by atoms with van der Waals surface area (Å²) in [5.41, 5.74) is 3.65. The molecule has 4 aromatic rings. The Bertz CT molecular complexity index is 1050. The van der Waals surface area contributed by atoms with Crippen LogP contribution in [0, 0.1) is 0 Å². The zero-order valence-electron chi connectivity index (χ0n) is 13.3. The Morgan fingerprint density at radius 1 is 1.25 bits per heavy atom. The van der Waals surface area contributed by atoms with E-state index in [0.29, 0.717) is 11.4 Å². The van der Waals surface area contributed by atoms with Gasteiger partial charge in [-0.2, -0.15) is 0 Å². The summed E-state index contributed by atoms with van der Waals surface area (Å²) in [4.78, 5) is 26.4. The van der Waals surface area contributed by atoms with Crippen molar-refractivity contribution in [1.29, 1.82) is 0 Å². The molecule has 0 bridgehead atoms. The molecule has 2 N–H and O–H groups in total. The smallest absolute Gasteiger partial charge is 0.274 e. The fourth-order valence-electron chi connectivity index (χ4n) is 2.58. The number of anilines is 2. The maximum atomic E-state index is 12.5. The molecule has 0 saturated heterocycles. The molecule has 1 amide bonds. The first-order valence-corrected chi connectivity index (χ1v) is 7.52. The second-order valence-corrected chi connectivity index (χ2v) is 5.71. The first-order valence-electron chi connectivity index (χ1n) is 7.52. The number of benzene rings is 1. The average Bonchev–Trinajstić information content (AvgIpc) is 3.18. The van der Waals surface area contributed by atoms with E-state index in [9.17, 15) is 4.79 Å². The predicted octanol–water partition coefficient (Wildman–Crippen LogP) is 2.53. The molecule has 0 atom stereocenters. The van der Waals surface area contributed by atoms with Crippen molar-refractivity contribution in [2.45, 2.75) is 0 Å². The third kappa shape index (κ3) is 2.36. The highest BCUT2D eigenvalue weighted by molar-refractivity contribution is 6.04. The van der Waals surface area contributed by atoms with Crippen molar-refractivity contribution in [3.63, 3.8) is 0 Å². The van der Waals surface area contributed by atoms with Crippen molar-refractivity contribution in [2.75, 3.05) is 24.3 Å². The number of imidazole rings is 2. The number of hydrogen-bond acceptors (Lipinski definition) is 4. The fourth-order valence-corrected chi connectivity index (χ4v) is 2.58. The average molecular weight is 320 g/mol. The summed E-state index contributed by atoms with van der Waals surface area (Å²) < 4.78 is 1.76. The summed E-state index contributed by atoms with van der Waals surface area (Å²) in [7, 11) is 3.84. The van der Waals surface area contributed by atoms with E-state index in [1.807, 2.05) is 61.6 Å². The van der Waals surface area contributed by atoms with Gasteiger partial charge in [0.15, 0.2) is 0 Å². The van der Waals surface area contributed by atoms with Crippen molar-refractivity contribution < 1.29 is 4.79 Å². The maximum Gasteiger partial charge on any atom is 0.274 e. The Balaban J connectivity index is 1.64. The van der Waals surface area contributed by atoms with Gasteiger partial charge in [-0.05, 0) is 30.3 Å². The lowest BCUT2D eigenvalue weighted by atomic mass is 10.2. The van der Waals surface area contributed by atoms with E-state index in [0.717, 1.165) is 22.6 Å². The molecule has 0 unspecified atom stereocenters. The van der Waals surface area contributed by atoms with Crippen LogP contribution in [0.3, 0.4) is 0 Å². The highest BCUT2D eigenvalue weighted by Crippen LogP contribution is 2.20. The lowest BCUT2D eigenvalue weighted by molar-refractivity contribution is 0.102. The number of hydrogen-bond donors (Lipinski definition) is 2. The number of aromatic nitrogens is 4. The molecule has 7 heteroatoms. The summed E-state index contributed by atoms with van der Waals surface area (Å²) in [6.07, 6.45) is 3.39. The molecule has 0 aliphatic carbocycles. The molecule has 4 rings (SSSR count). The Labute approximate surface area is 138 Å². The molecule has 24 heavy (non-hydrogen) atoms. The Hall–Kier alpha value is -3.35. The minimum atomic E-state index is -0.208. The molecule has 7 nitrogen and oxygen atoms in total. The van der Waals surface area contributed by atoms with E-state index in [2.05, 4.69) is 20.3 Å². The number of H-pyrrole nitrogens is 1. The lowest BCUT2D eigenvalue weighted by Gasteiger charge is -2.05. The van der Waals surface area contributed by atoms with E-state index in [4.69, 9.17) is 0 Å². The van der Waals surface area contributed by atoms with Gasteiger partial charge in [0.2, 0.25) is 5.95 Å². The van der Waals surface area contributed by atoms with Gasteiger partial charge in [0.05, 0.1) is 17.2 Å². The van der Waals surface area contributed by atoms with Gasteiger partial charge in [-0.25, -0.2) is 9.97 Å². The topological polar surface area (TPSA) is 78.3 Å². The molecular weight excluding hydrogens is 304 g/mol. The zero-order chi connectivity index (χ0) is 16.7. The quantitative estimate of drug-likeness (QED) is 0.608. The standard InChI is InChI=1S/C17H16N6O/c1-22(2)17-20-12-7-6-11(9-13(12)21-17)19-16(24)14-10-18-15-5-3-4-8-23(14)15/h3-10H,1-2H3,(H,19,24)(H,20,21). The fraction of sp³-hybridized carbons (Fsp3) is 0.118. The Morgan fingerprint density at radius 3 is 2.96 bits per heavy atom. The molecule has 0 aliphatic heterocycles. The minimum absolute atomic E-state index is 0.208. The van der Waals surface area contributed by atoms with E-state index in [1.165, 1.54) is 0 Å². The molecule has 0 radical (unpaired) electrons. The molecule has 120 valence electrons. The van der Waals surface area contributed by atoms with Gasteiger partial charge in [-0.15, -0.1) is 0 Å². The lowest BCUT2D eigenvalue weighted by Crippen LogP contribution is -2.14. The highest BCUT2D eigenvalue weighted by Gasteiger charge is 2.13. The molecule has 3 aromatic heterocycles. The minimum Gasteiger partial charge on any atom is -0.349 e. The van der Waals surface area contributed by atoms with E-state index < -0.39 is 0 Å². The van der Waals surface area contributed by atoms with E-state index in [-0.39, 0.29) is 5.91 Å². The van der Waals surface area contributed by atoms with Gasteiger partial charge < -0.3 is 15.2 Å². The molecule has 0 fully saturated rings. The SMILES string of the molecule is CN(C)c1nc2ccc(NC(=O)c3cnc4ccccn34)cc2[nH]1. The van der Waals surface area contributed by atoms with E-state index >= 15 is 0 Å². The zero-order valence-corrected chi connectivity index (χ0v) is 13.3. The number of rotatable bonds is 3. The number of carbonyl (C=O) groups is 1.